The second-order valence-corrected chi connectivity index (χ2v) is 4.49. The molecule has 1 heterocycles. The number of rotatable bonds is 5. The Labute approximate surface area is 127 Å². The summed E-state index contributed by atoms with van der Waals surface area (Å²) < 4.78 is 10.1. The Balaban J connectivity index is 2.49. The molecule has 2 aromatic rings. The SMILES string of the molecule is COc1nc(OC)nc(N(C)c2ccccc2C(N)=S)n1. The van der Waals surface area contributed by atoms with Gasteiger partial charge in [0.15, 0.2) is 0 Å². The van der Waals surface area contributed by atoms with E-state index in [2.05, 4.69) is 15.0 Å². The van der Waals surface area contributed by atoms with E-state index in [1.807, 2.05) is 24.3 Å². The Bertz CT molecular complexity index is 643. The largest absolute Gasteiger partial charge is 0.467 e. The first-order valence-electron chi connectivity index (χ1n) is 6.03. The van der Waals surface area contributed by atoms with Crippen LogP contribution >= 0.6 is 12.2 Å². The number of nitrogens with zero attached hydrogens (tertiary/aromatic N) is 4. The van der Waals surface area contributed by atoms with Crippen LogP contribution in [-0.2, 0) is 0 Å². The van der Waals surface area contributed by atoms with Crippen LogP contribution < -0.4 is 20.1 Å². The fourth-order valence-electron chi connectivity index (χ4n) is 1.74. The zero-order valence-electron chi connectivity index (χ0n) is 11.9. The van der Waals surface area contributed by atoms with Crippen molar-refractivity contribution in [2.45, 2.75) is 0 Å². The first kappa shape index (κ1) is 14.9. The highest BCUT2D eigenvalue weighted by Gasteiger charge is 2.16. The summed E-state index contributed by atoms with van der Waals surface area (Å²) in [4.78, 5) is 14.4. The lowest BCUT2D eigenvalue weighted by Gasteiger charge is -2.20. The number of para-hydroxylation sites is 1. The van der Waals surface area contributed by atoms with Gasteiger partial charge in [0.05, 0.1) is 19.9 Å². The molecule has 2 N–H and O–H groups in total. The predicted molar refractivity (Wildman–Crippen MR) is 83.3 cm³/mol. The lowest BCUT2D eigenvalue weighted by atomic mass is 10.1. The van der Waals surface area contributed by atoms with Gasteiger partial charge >= 0.3 is 12.0 Å². The molecular formula is C13H15N5O2S. The van der Waals surface area contributed by atoms with Crippen molar-refractivity contribution in [2.24, 2.45) is 5.73 Å². The van der Waals surface area contributed by atoms with Gasteiger partial charge in [-0.3, -0.25) is 0 Å². The molecule has 0 amide bonds. The average molecular weight is 305 g/mol. The number of hydrogen-bond donors (Lipinski definition) is 1. The van der Waals surface area contributed by atoms with Crippen molar-refractivity contribution in [1.82, 2.24) is 15.0 Å². The van der Waals surface area contributed by atoms with Crippen molar-refractivity contribution >= 4 is 28.8 Å². The van der Waals surface area contributed by atoms with Crippen LogP contribution in [0, 0.1) is 0 Å². The minimum atomic E-state index is 0.163. The molecular weight excluding hydrogens is 290 g/mol. The number of thiocarbonyl (C=S) groups is 1. The van der Waals surface area contributed by atoms with E-state index in [1.165, 1.54) is 14.2 Å². The third-order valence-corrected chi connectivity index (χ3v) is 3.00. The Kier molecular flexibility index (Phi) is 4.49. The van der Waals surface area contributed by atoms with Gasteiger partial charge in [0.25, 0.3) is 0 Å². The van der Waals surface area contributed by atoms with E-state index in [4.69, 9.17) is 27.4 Å². The van der Waals surface area contributed by atoms with E-state index in [0.29, 0.717) is 10.9 Å². The maximum Gasteiger partial charge on any atom is 0.324 e. The summed E-state index contributed by atoms with van der Waals surface area (Å²) in [5.74, 6) is 0.363. The summed E-state index contributed by atoms with van der Waals surface area (Å²) in [6.07, 6.45) is 0. The fourth-order valence-corrected chi connectivity index (χ4v) is 1.92. The second kappa shape index (κ2) is 6.31. The first-order chi connectivity index (χ1) is 10.1. The smallest absolute Gasteiger partial charge is 0.324 e. The number of methoxy groups -OCH3 is 2. The molecule has 0 saturated heterocycles. The standard InChI is InChI=1S/C13H15N5O2S/c1-18(9-7-5-4-6-8(9)10(14)21)11-15-12(19-2)17-13(16-11)20-3/h4-7H,1-3H3,(H2,14,21). The normalized spacial score (nSPS) is 10.0. The second-order valence-electron chi connectivity index (χ2n) is 4.05. The van der Waals surface area contributed by atoms with Gasteiger partial charge in [0.1, 0.15) is 4.99 Å². The minimum Gasteiger partial charge on any atom is -0.467 e. The summed E-state index contributed by atoms with van der Waals surface area (Å²) >= 11 is 5.06. The van der Waals surface area contributed by atoms with Crippen LogP contribution in [0.2, 0.25) is 0 Å². The average Bonchev–Trinajstić information content (AvgIpc) is 2.53. The molecule has 2 rings (SSSR count). The van der Waals surface area contributed by atoms with Crippen LogP contribution in [0.25, 0.3) is 0 Å². The van der Waals surface area contributed by atoms with Crippen LogP contribution in [0.5, 0.6) is 12.0 Å². The Morgan fingerprint density at radius 3 is 2.19 bits per heavy atom. The minimum absolute atomic E-state index is 0.163. The molecule has 0 fully saturated rings. The molecule has 21 heavy (non-hydrogen) atoms. The summed E-state index contributed by atoms with van der Waals surface area (Å²) in [6.45, 7) is 0. The number of nitrogens with two attached hydrogens (primary N) is 1. The Morgan fingerprint density at radius 1 is 1.10 bits per heavy atom. The summed E-state index contributed by atoms with van der Waals surface area (Å²) in [5.41, 5.74) is 7.25. The van der Waals surface area contributed by atoms with E-state index >= 15 is 0 Å². The maximum atomic E-state index is 5.74. The van der Waals surface area contributed by atoms with Gasteiger partial charge in [0.2, 0.25) is 5.95 Å². The first-order valence-corrected chi connectivity index (χ1v) is 6.44. The highest BCUT2D eigenvalue weighted by atomic mass is 32.1. The molecule has 0 bridgehead atoms. The highest BCUT2D eigenvalue weighted by Crippen LogP contribution is 2.26. The van der Waals surface area contributed by atoms with Crippen LogP contribution in [-0.4, -0.2) is 41.2 Å². The Morgan fingerprint density at radius 2 is 1.67 bits per heavy atom. The van der Waals surface area contributed by atoms with Crippen molar-refractivity contribution in [3.05, 3.63) is 29.8 Å². The van der Waals surface area contributed by atoms with Crippen molar-refractivity contribution in [3.63, 3.8) is 0 Å². The summed E-state index contributed by atoms with van der Waals surface area (Å²) in [7, 11) is 4.74. The number of anilines is 2. The van der Waals surface area contributed by atoms with E-state index < -0.39 is 0 Å². The van der Waals surface area contributed by atoms with Crippen LogP contribution in [0.1, 0.15) is 5.56 Å². The maximum absolute atomic E-state index is 5.74. The van der Waals surface area contributed by atoms with Gasteiger partial charge in [-0.2, -0.15) is 9.97 Å². The molecule has 0 radical (unpaired) electrons. The number of hydrogen-bond acceptors (Lipinski definition) is 7. The van der Waals surface area contributed by atoms with E-state index in [0.717, 1.165) is 11.3 Å². The molecule has 7 nitrogen and oxygen atoms in total. The topological polar surface area (TPSA) is 86.4 Å². The molecule has 0 unspecified atom stereocenters. The molecule has 0 atom stereocenters. The molecule has 0 saturated carbocycles. The monoisotopic (exact) mass is 305 g/mol. The van der Waals surface area contributed by atoms with Crippen molar-refractivity contribution in [1.29, 1.82) is 0 Å². The van der Waals surface area contributed by atoms with Crippen LogP contribution in [0.15, 0.2) is 24.3 Å². The van der Waals surface area contributed by atoms with E-state index in [1.54, 1.807) is 11.9 Å². The number of benzene rings is 1. The molecule has 1 aromatic carbocycles. The van der Waals surface area contributed by atoms with Gasteiger partial charge in [-0.25, -0.2) is 0 Å². The van der Waals surface area contributed by atoms with Crippen molar-refractivity contribution < 1.29 is 9.47 Å². The lowest BCUT2D eigenvalue weighted by Crippen LogP contribution is -2.20. The molecule has 0 aliphatic heterocycles. The highest BCUT2D eigenvalue weighted by molar-refractivity contribution is 7.80. The quantitative estimate of drug-likeness (QED) is 0.827. The predicted octanol–water partition coefficient (Wildman–Crippen LogP) is 1.29. The van der Waals surface area contributed by atoms with Crippen LogP contribution in [0.3, 0.4) is 0 Å². The van der Waals surface area contributed by atoms with Gasteiger partial charge in [-0.1, -0.05) is 24.4 Å². The zero-order chi connectivity index (χ0) is 15.4. The van der Waals surface area contributed by atoms with Crippen molar-refractivity contribution in [3.8, 4) is 12.0 Å². The number of aromatic nitrogens is 3. The van der Waals surface area contributed by atoms with Crippen LogP contribution in [0.4, 0.5) is 11.6 Å². The summed E-state index contributed by atoms with van der Waals surface area (Å²) in [5, 5.41) is 0. The van der Waals surface area contributed by atoms with E-state index in [9.17, 15) is 0 Å². The molecule has 8 heteroatoms. The van der Waals surface area contributed by atoms with Crippen molar-refractivity contribution in [2.75, 3.05) is 26.2 Å². The molecule has 0 spiro atoms. The molecule has 0 aliphatic carbocycles. The Hall–Kier alpha value is -2.48. The number of ether oxygens (including phenoxy) is 2. The zero-order valence-corrected chi connectivity index (χ0v) is 12.7. The van der Waals surface area contributed by atoms with Gasteiger partial charge in [-0.05, 0) is 12.1 Å². The third kappa shape index (κ3) is 3.16. The fraction of sp³-hybridized carbons (Fsp3) is 0.231. The molecule has 0 aliphatic rings. The van der Waals surface area contributed by atoms with Gasteiger partial charge < -0.3 is 20.1 Å². The lowest BCUT2D eigenvalue weighted by molar-refractivity contribution is 0.340. The van der Waals surface area contributed by atoms with Gasteiger partial charge in [-0.15, -0.1) is 4.98 Å². The third-order valence-electron chi connectivity index (χ3n) is 2.78. The summed E-state index contributed by atoms with van der Waals surface area (Å²) in [6, 6.07) is 7.78. The van der Waals surface area contributed by atoms with Gasteiger partial charge in [0, 0.05) is 12.6 Å². The van der Waals surface area contributed by atoms with E-state index in [-0.39, 0.29) is 12.0 Å². The molecule has 110 valence electrons. The molecule has 1 aromatic heterocycles.